The zero-order chi connectivity index (χ0) is 12.5. The largest absolute Gasteiger partial charge is 0.382 e. The van der Waals surface area contributed by atoms with Crippen LogP contribution in [0.5, 0.6) is 0 Å². The molecule has 0 fully saturated rings. The van der Waals surface area contributed by atoms with Gasteiger partial charge in [-0.05, 0) is 24.6 Å². The molecule has 0 aliphatic heterocycles. The Labute approximate surface area is 108 Å². The average Bonchev–Trinajstić information content (AvgIpc) is 2.34. The molecule has 17 heavy (non-hydrogen) atoms. The predicted octanol–water partition coefficient (Wildman–Crippen LogP) is 2.46. The van der Waals surface area contributed by atoms with E-state index in [0.717, 1.165) is 12.4 Å². The first-order valence-electron chi connectivity index (χ1n) is 5.79. The molecule has 0 spiro atoms. The number of rotatable bonds is 8. The fourth-order valence-corrected chi connectivity index (χ4v) is 2.18. The standard InChI is InChI=1S/C13H21NO2S/c1-11(14)12-4-3-5-13(10-12)17-9-8-16-7-6-15-2/h3-5,10-11H,6-9,14H2,1-2H3. The number of methoxy groups -OCH3 is 1. The van der Waals surface area contributed by atoms with Crippen LogP contribution >= 0.6 is 11.8 Å². The number of ether oxygens (including phenoxy) is 2. The summed E-state index contributed by atoms with van der Waals surface area (Å²) in [5.74, 6) is 0.951. The van der Waals surface area contributed by atoms with E-state index in [-0.39, 0.29) is 6.04 Å². The molecule has 2 N–H and O–H groups in total. The first-order chi connectivity index (χ1) is 8.24. The molecular formula is C13H21NO2S. The fourth-order valence-electron chi connectivity index (χ4n) is 1.35. The predicted molar refractivity (Wildman–Crippen MR) is 72.5 cm³/mol. The zero-order valence-corrected chi connectivity index (χ0v) is 11.3. The summed E-state index contributed by atoms with van der Waals surface area (Å²) in [7, 11) is 1.68. The van der Waals surface area contributed by atoms with Crippen molar-refractivity contribution >= 4 is 11.8 Å². The fraction of sp³-hybridized carbons (Fsp3) is 0.538. The molecule has 0 aliphatic rings. The quantitative estimate of drug-likeness (QED) is 0.572. The lowest BCUT2D eigenvalue weighted by Crippen LogP contribution is -2.05. The van der Waals surface area contributed by atoms with Gasteiger partial charge in [-0.3, -0.25) is 0 Å². The first kappa shape index (κ1) is 14.5. The van der Waals surface area contributed by atoms with Crippen molar-refractivity contribution in [2.75, 3.05) is 32.7 Å². The summed E-state index contributed by atoms with van der Waals surface area (Å²) in [5.41, 5.74) is 7.02. The third-order valence-corrected chi connectivity index (χ3v) is 3.27. The minimum Gasteiger partial charge on any atom is -0.382 e. The Morgan fingerprint density at radius 3 is 2.82 bits per heavy atom. The second kappa shape index (κ2) is 8.53. The van der Waals surface area contributed by atoms with Gasteiger partial charge < -0.3 is 15.2 Å². The van der Waals surface area contributed by atoms with Crippen molar-refractivity contribution < 1.29 is 9.47 Å². The Morgan fingerprint density at radius 1 is 1.29 bits per heavy atom. The molecule has 0 aromatic heterocycles. The van der Waals surface area contributed by atoms with Crippen LogP contribution in [0.4, 0.5) is 0 Å². The van der Waals surface area contributed by atoms with E-state index in [2.05, 4.69) is 18.2 Å². The maximum absolute atomic E-state index is 5.84. The smallest absolute Gasteiger partial charge is 0.0700 e. The summed E-state index contributed by atoms with van der Waals surface area (Å²) in [5, 5.41) is 0. The molecule has 96 valence electrons. The molecule has 0 heterocycles. The van der Waals surface area contributed by atoms with Crippen molar-refractivity contribution in [1.29, 1.82) is 0 Å². The molecule has 1 atom stereocenters. The van der Waals surface area contributed by atoms with E-state index in [4.69, 9.17) is 15.2 Å². The van der Waals surface area contributed by atoms with Crippen molar-refractivity contribution in [3.8, 4) is 0 Å². The third-order valence-electron chi connectivity index (χ3n) is 2.31. The minimum absolute atomic E-state index is 0.0912. The van der Waals surface area contributed by atoms with Gasteiger partial charge in [0.2, 0.25) is 0 Å². The number of benzene rings is 1. The molecule has 0 saturated carbocycles. The summed E-state index contributed by atoms with van der Waals surface area (Å²) < 4.78 is 10.3. The van der Waals surface area contributed by atoms with Crippen molar-refractivity contribution in [1.82, 2.24) is 0 Å². The maximum Gasteiger partial charge on any atom is 0.0700 e. The third kappa shape index (κ3) is 6.07. The van der Waals surface area contributed by atoms with Crippen molar-refractivity contribution in [2.24, 2.45) is 5.73 Å². The highest BCUT2D eigenvalue weighted by molar-refractivity contribution is 7.99. The van der Waals surface area contributed by atoms with Gasteiger partial charge in [0.1, 0.15) is 0 Å². The van der Waals surface area contributed by atoms with E-state index in [9.17, 15) is 0 Å². The Bertz CT molecular complexity index is 318. The van der Waals surface area contributed by atoms with Crippen LogP contribution in [0.2, 0.25) is 0 Å². The van der Waals surface area contributed by atoms with E-state index in [1.54, 1.807) is 18.9 Å². The number of nitrogens with two attached hydrogens (primary N) is 1. The molecule has 0 amide bonds. The normalized spacial score (nSPS) is 12.6. The highest BCUT2D eigenvalue weighted by Crippen LogP contribution is 2.21. The summed E-state index contributed by atoms with van der Waals surface area (Å²) in [6.07, 6.45) is 0. The van der Waals surface area contributed by atoms with Crippen LogP contribution in [0.25, 0.3) is 0 Å². The van der Waals surface area contributed by atoms with Gasteiger partial charge in [0.05, 0.1) is 19.8 Å². The molecule has 3 nitrogen and oxygen atoms in total. The summed E-state index contributed by atoms with van der Waals surface area (Å²) in [4.78, 5) is 1.25. The number of hydrogen-bond donors (Lipinski definition) is 1. The molecule has 1 unspecified atom stereocenters. The summed E-state index contributed by atoms with van der Waals surface area (Å²) >= 11 is 1.79. The van der Waals surface area contributed by atoms with Gasteiger partial charge in [-0.25, -0.2) is 0 Å². The van der Waals surface area contributed by atoms with Crippen LogP contribution in [-0.2, 0) is 9.47 Å². The van der Waals surface area contributed by atoms with Crippen molar-refractivity contribution in [3.05, 3.63) is 29.8 Å². The van der Waals surface area contributed by atoms with Crippen LogP contribution in [0, 0.1) is 0 Å². The van der Waals surface area contributed by atoms with E-state index < -0.39 is 0 Å². The highest BCUT2D eigenvalue weighted by atomic mass is 32.2. The van der Waals surface area contributed by atoms with Gasteiger partial charge in [-0.1, -0.05) is 12.1 Å². The van der Waals surface area contributed by atoms with Crippen LogP contribution in [0.3, 0.4) is 0 Å². The van der Waals surface area contributed by atoms with Crippen LogP contribution in [-0.4, -0.2) is 32.7 Å². The van der Waals surface area contributed by atoms with E-state index in [1.807, 2.05) is 13.0 Å². The van der Waals surface area contributed by atoms with Gasteiger partial charge in [0.25, 0.3) is 0 Å². The second-order valence-corrected chi connectivity index (χ2v) is 4.98. The minimum atomic E-state index is 0.0912. The topological polar surface area (TPSA) is 44.5 Å². The van der Waals surface area contributed by atoms with Crippen LogP contribution < -0.4 is 5.73 Å². The molecule has 1 aromatic rings. The molecule has 1 rings (SSSR count). The van der Waals surface area contributed by atoms with E-state index >= 15 is 0 Å². The first-order valence-corrected chi connectivity index (χ1v) is 6.77. The summed E-state index contributed by atoms with van der Waals surface area (Å²) in [6.45, 7) is 4.07. The highest BCUT2D eigenvalue weighted by Gasteiger charge is 2.00. The Hall–Kier alpha value is -0.550. The SMILES string of the molecule is COCCOCCSc1cccc(C(C)N)c1. The number of thioether (sulfide) groups is 1. The van der Waals surface area contributed by atoms with Gasteiger partial charge in [-0.2, -0.15) is 0 Å². The van der Waals surface area contributed by atoms with E-state index in [0.29, 0.717) is 13.2 Å². The van der Waals surface area contributed by atoms with Gasteiger partial charge in [-0.15, -0.1) is 11.8 Å². The molecule has 0 aliphatic carbocycles. The lowest BCUT2D eigenvalue weighted by Gasteiger charge is -2.08. The molecule has 0 bridgehead atoms. The molecule has 0 radical (unpaired) electrons. The zero-order valence-electron chi connectivity index (χ0n) is 10.5. The van der Waals surface area contributed by atoms with Gasteiger partial charge >= 0.3 is 0 Å². The van der Waals surface area contributed by atoms with Gasteiger partial charge in [0.15, 0.2) is 0 Å². The van der Waals surface area contributed by atoms with E-state index in [1.165, 1.54) is 10.5 Å². The van der Waals surface area contributed by atoms with Crippen molar-refractivity contribution in [3.63, 3.8) is 0 Å². The van der Waals surface area contributed by atoms with Crippen molar-refractivity contribution in [2.45, 2.75) is 17.9 Å². The Morgan fingerprint density at radius 2 is 2.12 bits per heavy atom. The lowest BCUT2D eigenvalue weighted by molar-refractivity contribution is 0.0790. The Balaban J connectivity index is 2.24. The average molecular weight is 255 g/mol. The van der Waals surface area contributed by atoms with Gasteiger partial charge in [0, 0.05) is 23.8 Å². The molecule has 1 aromatic carbocycles. The maximum atomic E-state index is 5.84. The lowest BCUT2D eigenvalue weighted by atomic mass is 10.1. The summed E-state index contributed by atoms with van der Waals surface area (Å²) in [6, 6.07) is 8.45. The van der Waals surface area contributed by atoms with Crippen LogP contribution in [0.15, 0.2) is 29.2 Å². The molecule has 4 heteroatoms. The second-order valence-electron chi connectivity index (χ2n) is 3.81. The van der Waals surface area contributed by atoms with Crippen LogP contribution in [0.1, 0.15) is 18.5 Å². The molecular weight excluding hydrogens is 234 g/mol. The molecule has 0 saturated heterocycles. The Kier molecular flexibility index (Phi) is 7.28. The monoisotopic (exact) mass is 255 g/mol. The number of hydrogen-bond acceptors (Lipinski definition) is 4.